The lowest BCUT2D eigenvalue weighted by atomic mass is 10.2. The van der Waals surface area contributed by atoms with Crippen LogP contribution in [0.5, 0.6) is 5.75 Å². The minimum atomic E-state index is -0.177. The third-order valence-electron chi connectivity index (χ3n) is 4.10. The van der Waals surface area contributed by atoms with E-state index in [0.717, 1.165) is 0 Å². The molecule has 0 unspecified atom stereocenters. The molecule has 3 aromatic rings. The Morgan fingerprint density at radius 3 is 2.75 bits per heavy atom. The summed E-state index contributed by atoms with van der Waals surface area (Å²) in [5.74, 6) is 1.12. The van der Waals surface area contributed by atoms with Crippen LogP contribution in [-0.4, -0.2) is 34.9 Å². The van der Waals surface area contributed by atoms with E-state index in [1.165, 1.54) is 16.3 Å². The molecule has 0 aliphatic rings. The van der Waals surface area contributed by atoms with Gasteiger partial charge in [-0.25, -0.2) is 4.98 Å². The number of rotatable bonds is 7. The van der Waals surface area contributed by atoms with Crippen LogP contribution in [0.3, 0.4) is 0 Å². The number of ether oxygens (including phenoxy) is 1. The molecule has 2 aromatic carbocycles. The van der Waals surface area contributed by atoms with E-state index in [-0.39, 0.29) is 17.2 Å². The molecule has 0 aliphatic carbocycles. The molecule has 0 saturated carbocycles. The number of fused-ring (bicyclic) bond motifs is 1. The van der Waals surface area contributed by atoms with E-state index in [9.17, 15) is 9.59 Å². The molecule has 0 aliphatic heterocycles. The summed E-state index contributed by atoms with van der Waals surface area (Å²) in [7, 11) is 1.58. The van der Waals surface area contributed by atoms with E-state index in [1.807, 2.05) is 44.2 Å². The van der Waals surface area contributed by atoms with E-state index in [1.54, 1.807) is 25.3 Å². The van der Waals surface area contributed by atoms with Crippen LogP contribution >= 0.6 is 11.8 Å². The molecule has 0 spiro atoms. The van der Waals surface area contributed by atoms with Crippen LogP contribution in [0.4, 0.5) is 0 Å². The highest BCUT2D eigenvalue weighted by Crippen LogP contribution is 2.23. The lowest BCUT2D eigenvalue weighted by molar-refractivity contribution is -0.118. The largest absolute Gasteiger partial charge is 0.497 e. The van der Waals surface area contributed by atoms with Gasteiger partial charge < -0.3 is 10.1 Å². The average molecular weight is 398 g/mol. The van der Waals surface area contributed by atoms with Crippen molar-refractivity contribution < 1.29 is 9.53 Å². The Labute approximate surface area is 167 Å². The van der Waals surface area contributed by atoms with Gasteiger partial charge in [-0.1, -0.05) is 43.8 Å². The van der Waals surface area contributed by atoms with Crippen LogP contribution in [-0.2, 0) is 4.79 Å². The first kappa shape index (κ1) is 19.9. The summed E-state index contributed by atoms with van der Waals surface area (Å²) in [5.41, 5.74) is 1.08. The first-order chi connectivity index (χ1) is 13.5. The third kappa shape index (κ3) is 4.54. The van der Waals surface area contributed by atoms with E-state index in [0.29, 0.717) is 40.0 Å². The van der Waals surface area contributed by atoms with Gasteiger partial charge in [0, 0.05) is 12.6 Å². The van der Waals surface area contributed by atoms with Gasteiger partial charge in [0.1, 0.15) is 5.75 Å². The zero-order valence-corrected chi connectivity index (χ0v) is 17.0. The Bertz CT molecular complexity index is 1050. The number of benzene rings is 2. The number of aromatic nitrogens is 2. The molecular formula is C21H23N3O3S. The minimum absolute atomic E-state index is 0.0849. The zero-order chi connectivity index (χ0) is 20.1. The van der Waals surface area contributed by atoms with Gasteiger partial charge in [0.15, 0.2) is 5.16 Å². The highest BCUT2D eigenvalue weighted by atomic mass is 32.2. The van der Waals surface area contributed by atoms with Crippen molar-refractivity contribution in [3.63, 3.8) is 0 Å². The topological polar surface area (TPSA) is 73.2 Å². The lowest BCUT2D eigenvalue weighted by Crippen LogP contribution is -2.29. The Kier molecular flexibility index (Phi) is 6.36. The fourth-order valence-corrected chi connectivity index (χ4v) is 3.53. The van der Waals surface area contributed by atoms with E-state index >= 15 is 0 Å². The SMILES string of the molecule is COc1cccc(-n2c(SCC(=O)NCC(C)C)nc3ccccc3c2=O)c1. The number of hydrogen-bond donors (Lipinski definition) is 1. The molecule has 0 atom stereocenters. The van der Waals surface area contributed by atoms with Gasteiger partial charge in [-0.05, 0) is 30.2 Å². The number of hydrogen-bond acceptors (Lipinski definition) is 5. The van der Waals surface area contributed by atoms with Crippen molar-refractivity contribution in [3.05, 3.63) is 58.9 Å². The standard InChI is InChI=1S/C21H23N3O3S/c1-14(2)12-22-19(25)13-28-21-23-18-10-5-4-9-17(18)20(26)24(21)15-7-6-8-16(11-15)27-3/h4-11,14H,12-13H2,1-3H3,(H,22,25). The number of amides is 1. The second-order valence-electron chi connectivity index (χ2n) is 6.74. The molecule has 1 aromatic heterocycles. The number of carbonyl (C=O) groups is 1. The Balaban J connectivity index is 2.02. The van der Waals surface area contributed by atoms with Gasteiger partial charge in [-0.3, -0.25) is 14.2 Å². The normalized spacial score (nSPS) is 11.0. The number of nitrogens with one attached hydrogen (secondary N) is 1. The molecule has 1 N–H and O–H groups in total. The summed E-state index contributed by atoms with van der Waals surface area (Å²) in [4.78, 5) is 30.0. The molecule has 28 heavy (non-hydrogen) atoms. The number of carbonyl (C=O) groups excluding carboxylic acids is 1. The predicted octanol–water partition coefficient (Wildman–Crippen LogP) is 3.26. The first-order valence-electron chi connectivity index (χ1n) is 9.05. The second kappa shape index (κ2) is 8.93. The minimum Gasteiger partial charge on any atom is -0.497 e. The maximum atomic E-state index is 13.2. The van der Waals surface area contributed by atoms with Crippen molar-refractivity contribution in [1.29, 1.82) is 0 Å². The van der Waals surface area contributed by atoms with Gasteiger partial charge in [0.05, 0.1) is 29.5 Å². The van der Waals surface area contributed by atoms with Crippen molar-refractivity contribution in [1.82, 2.24) is 14.9 Å². The van der Waals surface area contributed by atoms with Gasteiger partial charge in [0.2, 0.25) is 5.91 Å². The Morgan fingerprint density at radius 2 is 2.00 bits per heavy atom. The summed E-state index contributed by atoms with van der Waals surface area (Å²) in [6.45, 7) is 4.70. The Morgan fingerprint density at radius 1 is 1.21 bits per heavy atom. The molecule has 146 valence electrons. The number of nitrogens with zero attached hydrogens (tertiary/aromatic N) is 2. The average Bonchev–Trinajstić information content (AvgIpc) is 2.70. The van der Waals surface area contributed by atoms with Crippen LogP contribution < -0.4 is 15.6 Å². The second-order valence-corrected chi connectivity index (χ2v) is 7.68. The number of methoxy groups -OCH3 is 1. The monoisotopic (exact) mass is 397 g/mol. The molecule has 0 radical (unpaired) electrons. The van der Waals surface area contributed by atoms with Crippen LogP contribution in [0.1, 0.15) is 13.8 Å². The molecule has 1 amide bonds. The quantitative estimate of drug-likeness (QED) is 0.489. The smallest absolute Gasteiger partial charge is 0.266 e. The lowest BCUT2D eigenvalue weighted by Gasteiger charge is -2.14. The number of para-hydroxylation sites is 1. The van der Waals surface area contributed by atoms with Crippen molar-refractivity contribution in [2.24, 2.45) is 5.92 Å². The van der Waals surface area contributed by atoms with Crippen LogP contribution in [0.15, 0.2) is 58.5 Å². The van der Waals surface area contributed by atoms with Crippen molar-refractivity contribution >= 4 is 28.6 Å². The zero-order valence-electron chi connectivity index (χ0n) is 16.1. The van der Waals surface area contributed by atoms with E-state index in [4.69, 9.17) is 4.74 Å². The molecular weight excluding hydrogens is 374 g/mol. The highest BCUT2D eigenvalue weighted by molar-refractivity contribution is 7.99. The summed E-state index contributed by atoms with van der Waals surface area (Å²) in [6, 6.07) is 14.4. The predicted molar refractivity (Wildman–Crippen MR) is 112 cm³/mol. The molecule has 7 heteroatoms. The maximum Gasteiger partial charge on any atom is 0.266 e. The summed E-state index contributed by atoms with van der Waals surface area (Å²) in [5, 5.41) is 3.88. The molecule has 0 fully saturated rings. The summed E-state index contributed by atoms with van der Waals surface area (Å²) in [6.07, 6.45) is 0. The Hall–Kier alpha value is -2.80. The van der Waals surface area contributed by atoms with Crippen LogP contribution in [0.25, 0.3) is 16.6 Å². The summed E-state index contributed by atoms with van der Waals surface area (Å²) < 4.78 is 6.82. The maximum absolute atomic E-state index is 13.2. The highest BCUT2D eigenvalue weighted by Gasteiger charge is 2.15. The first-order valence-corrected chi connectivity index (χ1v) is 10.0. The van der Waals surface area contributed by atoms with Crippen LogP contribution in [0, 0.1) is 5.92 Å². The van der Waals surface area contributed by atoms with Gasteiger partial charge in [-0.15, -0.1) is 0 Å². The fourth-order valence-electron chi connectivity index (χ4n) is 2.69. The molecule has 6 nitrogen and oxygen atoms in total. The molecule has 0 saturated heterocycles. The van der Waals surface area contributed by atoms with Gasteiger partial charge in [-0.2, -0.15) is 0 Å². The van der Waals surface area contributed by atoms with E-state index < -0.39 is 0 Å². The third-order valence-corrected chi connectivity index (χ3v) is 5.03. The van der Waals surface area contributed by atoms with Gasteiger partial charge in [0.25, 0.3) is 5.56 Å². The molecule has 3 rings (SSSR count). The fraction of sp³-hybridized carbons (Fsp3) is 0.286. The van der Waals surface area contributed by atoms with E-state index in [2.05, 4.69) is 10.3 Å². The van der Waals surface area contributed by atoms with Crippen molar-refractivity contribution in [2.75, 3.05) is 19.4 Å². The van der Waals surface area contributed by atoms with Crippen molar-refractivity contribution in [2.45, 2.75) is 19.0 Å². The molecule has 0 bridgehead atoms. The molecule has 1 heterocycles. The van der Waals surface area contributed by atoms with Crippen molar-refractivity contribution in [3.8, 4) is 11.4 Å². The van der Waals surface area contributed by atoms with Crippen LogP contribution in [0.2, 0.25) is 0 Å². The summed E-state index contributed by atoms with van der Waals surface area (Å²) >= 11 is 1.24. The number of thioether (sulfide) groups is 1. The van der Waals surface area contributed by atoms with Gasteiger partial charge >= 0.3 is 0 Å².